The Kier molecular flexibility index (Phi) is 10.3. The number of hydrogen-bond acceptors (Lipinski definition) is 6. The van der Waals surface area contributed by atoms with Gasteiger partial charge in [-0.15, -0.1) is 0 Å². The number of hydrazone groups is 1. The summed E-state index contributed by atoms with van der Waals surface area (Å²) in [6.07, 6.45) is -1.91. The van der Waals surface area contributed by atoms with E-state index in [0.717, 1.165) is 30.0 Å². The highest BCUT2D eigenvalue weighted by Crippen LogP contribution is 2.32. The molecule has 2 amide bonds. The molecule has 0 heterocycles. The zero-order valence-corrected chi connectivity index (χ0v) is 22.2. The first kappa shape index (κ1) is 30.2. The normalized spacial score (nSPS) is 11.7. The van der Waals surface area contributed by atoms with Crippen LogP contribution >= 0.6 is 0 Å². The fraction of sp³-hybridized carbons (Fsp3) is 0.222. The smallest absolute Gasteiger partial charge is 0.416 e. The number of alkyl halides is 3. The van der Waals surface area contributed by atoms with Crippen molar-refractivity contribution in [1.29, 1.82) is 0 Å². The number of ether oxygens (including phenoxy) is 1. The molecule has 0 spiro atoms. The van der Waals surface area contributed by atoms with E-state index < -0.39 is 34.2 Å². The van der Waals surface area contributed by atoms with Gasteiger partial charge >= 0.3 is 6.18 Å². The second-order valence-corrected chi connectivity index (χ2v) is 10.5. The molecule has 0 aliphatic carbocycles. The van der Waals surface area contributed by atoms with Crippen LogP contribution in [0.4, 0.5) is 18.9 Å². The third-order valence-corrected chi connectivity index (χ3v) is 6.52. The number of nitrogens with one attached hydrogen (secondary N) is 2. The lowest BCUT2D eigenvalue weighted by atomic mass is 10.1. The lowest BCUT2D eigenvalue weighted by Gasteiger charge is -2.22. The van der Waals surface area contributed by atoms with Crippen LogP contribution in [0.1, 0.15) is 16.7 Å². The van der Waals surface area contributed by atoms with Crippen molar-refractivity contribution < 1.29 is 35.9 Å². The second-order valence-electron chi connectivity index (χ2n) is 8.55. The Balaban J connectivity index is 1.47. The number of nitrogens with zero attached hydrogens (tertiary/aromatic N) is 2. The van der Waals surface area contributed by atoms with Crippen LogP contribution in [0.5, 0.6) is 5.75 Å². The molecule has 0 aromatic heterocycles. The number of benzene rings is 3. The Morgan fingerprint density at radius 3 is 2.33 bits per heavy atom. The monoisotopic (exact) mass is 576 g/mol. The lowest BCUT2D eigenvalue weighted by molar-refractivity contribution is -0.137. The van der Waals surface area contributed by atoms with E-state index >= 15 is 0 Å². The first-order chi connectivity index (χ1) is 18.9. The Bertz CT molecular complexity index is 1430. The Morgan fingerprint density at radius 2 is 1.68 bits per heavy atom. The van der Waals surface area contributed by atoms with E-state index in [9.17, 15) is 31.2 Å². The summed E-state index contributed by atoms with van der Waals surface area (Å²) in [6, 6.07) is 19.8. The predicted octanol–water partition coefficient (Wildman–Crippen LogP) is 3.36. The van der Waals surface area contributed by atoms with Crippen LogP contribution in [-0.4, -0.2) is 52.4 Å². The molecule has 3 rings (SSSR count). The van der Waals surface area contributed by atoms with Gasteiger partial charge in [-0.2, -0.15) is 18.3 Å². The Labute approximate surface area is 229 Å². The van der Waals surface area contributed by atoms with Gasteiger partial charge in [-0.1, -0.05) is 36.4 Å². The molecular weight excluding hydrogens is 549 g/mol. The van der Waals surface area contributed by atoms with Crippen molar-refractivity contribution in [3.05, 3.63) is 95.6 Å². The minimum Gasteiger partial charge on any atom is -0.484 e. The van der Waals surface area contributed by atoms with Gasteiger partial charge in [0, 0.05) is 6.54 Å². The molecule has 0 saturated carbocycles. The summed E-state index contributed by atoms with van der Waals surface area (Å²) >= 11 is 0. The van der Waals surface area contributed by atoms with Crippen LogP contribution in [0.15, 0.2) is 84.0 Å². The number of carbonyl (C=O) groups excluding carboxylic acids is 2. The predicted molar refractivity (Wildman–Crippen MR) is 144 cm³/mol. The van der Waals surface area contributed by atoms with E-state index in [1.165, 1.54) is 6.21 Å². The van der Waals surface area contributed by atoms with E-state index in [0.29, 0.717) is 34.7 Å². The van der Waals surface area contributed by atoms with Gasteiger partial charge in [0.15, 0.2) is 6.61 Å². The lowest BCUT2D eigenvalue weighted by Crippen LogP contribution is -2.39. The van der Waals surface area contributed by atoms with Crippen molar-refractivity contribution in [2.45, 2.75) is 12.6 Å². The van der Waals surface area contributed by atoms with Crippen LogP contribution in [0.3, 0.4) is 0 Å². The number of amides is 2. The quantitative estimate of drug-likeness (QED) is 0.253. The van der Waals surface area contributed by atoms with Crippen molar-refractivity contribution in [1.82, 2.24) is 10.7 Å². The average Bonchev–Trinajstić information content (AvgIpc) is 2.91. The standard InChI is InChI=1S/C27H27F3N4O5S/c1-40(37,38)34(23-9-5-8-22(16-23)27(28,29)30)18-25(35)33-32-17-21-10-12-24(13-11-21)39-19-26(36)31-15-14-20-6-3-2-4-7-20/h2-13,16-17H,14-15,18-19H2,1H3,(H,31,36)(H,33,35)/b32-17-. The molecule has 9 nitrogen and oxygen atoms in total. The molecule has 0 unspecified atom stereocenters. The van der Waals surface area contributed by atoms with Crippen LogP contribution in [0.2, 0.25) is 0 Å². The van der Waals surface area contributed by atoms with Gasteiger partial charge in [0.2, 0.25) is 10.0 Å². The first-order valence-corrected chi connectivity index (χ1v) is 13.8. The van der Waals surface area contributed by atoms with E-state index in [-0.39, 0.29) is 18.2 Å². The first-order valence-electron chi connectivity index (χ1n) is 11.9. The van der Waals surface area contributed by atoms with Crippen molar-refractivity contribution >= 4 is 33.7 Å². The summed E-state index contributed by atoms with van der Waals surface area (Å²) in [5.74, 6) is -0.695. The third kappa shape index (κ3) is 9.73. The second kappa shape index (κ2) is 13.6. The molecule has 3 aromatic carbocycles. The highest BCUT2D eigenvalue weighted by Gasteiger charge is 2.32. The van der Waals surface area contributed by atoms with Crippen molar-refractivity contribution in [3.8, 4) is 5.75 Å². The van der Waals surface area contributed by atoms with Gasteiger partial charge in [-0.3, -0.25) is 13.9 Å². The van der Waals surface area contributed by atoms with Crippen molar-refractivity contribution in [2.24, 2.45) is 5.10 Å². The molecule has 40 heavy (non-hydrogen) atoms. The zero-order valence-electron chi connectivity index (χ0n) is 21.4. The molecule has 0 fully saturated rings. The molecule has 0 bridgehead atoms. The summed E-state index contributed by atoms with van der Waals surface area (Å²) in [5, 5.41) is 6.54. The minimum atomic E-state index is -4.68. The van der Waals surface area contributed by atoms with E-state index in [1.54, 1.807) is 24.3 Å². The average molecular weight is 577 g/mol. The van der Waals surface area contributed by atoms with E-state index in [2.05, 4.69) is 15.8 Å². The number of sulfonamides is 1. The minimum absolute atomic E-state index is 0.166. The van der Waals surface area contributed by atoms with Crippen LogP contribution in [0, 0.1) is 0 Å². The van der Waals surface area contributed by atoms with Crippen LogP contribution in [-0.2, 0) is 32.2 Å². The molecule has 0 saturated heterocycles. The SMILES string of the molecule is CS(=O)(=O)N(CC(=O)N/N=C\c1ccc(OCC(=O)NCCc2ccccc2)cc1)c1cccc(C(F)(F)F)c1. The number of hydrogen-bond donors (Lipinski definition) is 2. The van der Waals surface area contributed by atoms with Crippen molar-refractivity contribution in [3.63, 3.8) is 0 Å². The molecule has 212 valence electrons. The Morgan fingerprint density at radius 1 is 0.975 bits per heavy atom. The van der Waals surface area contributed by atoms with Gasteiger partial charge < -0.3 is 10.1 Å². The molecule has 3 aromatic rings. The van der Waals surface area contributed by atoms with Gasteiger partial charge in [0.1, 0.15) is 12.3 Å². The fourth-order valence-corrected chi connectivity index (χ4v) is 4.27. The number of anilines is 1. The van der Waals surface area contributed by atoms with Gasteiger partial charge in [-0.25, -0.2) is 13.8 Å². The summed E-state index contributed by atoms with van der Waals surface area (Å²) in [5.41, 5.74) is 2.46. The number of carbonyl (C=O) groups is 2. The van der Waals surface area contributed by atoms with Gasteiger partial charge in [0.05, 0.1) is 23.7 Å². The molecule has 2 N–H and O–H groups in total. The molecular formula is C27H27F3N4O5S. The maximum absolute atomic E-state index is 13.0. The van der Waals surface area contributed by atoms with Crippen LogP contribution in [0.25, 0.3) is 0 Å². The largest absolute Gasteiger partial charge is 0.484 e. The maximum atomic E-state index is 13.0. The number of halogens is 3. The topological polar surface area (TPSA) is 117 Å². The molecule has 0 radical (unpaired) electrons. The Hall–Kier alpha value is -4.39. The molecule has 13 heteroatoms. The third-order valence-electron chi connectivity index (χ3n) is 5.38. The summed E-state index contributed by atoms with van der Waals surface area (Å²) < 4.78 is 69.4. The van der Waals surface area contributed by atoms with E-state index in [4.69, 9.17) is 4.74 Å². The molecule has 0 aliphatic rings. The fourth-order valence-electron chi connectivity index (χ4n) is 3.42. The highest BCUT2D eigenvalue weighted by molar-refractivity contribution is 7.92. The maximum Gasteiger partial charge on any atom is 0.416 e. The van der Waals surface area contributed by atoms with Gasteiger partial charge in [-0.05, 0) is 60.0 Å². The molecule has 0 atom stereocenters. The molecule has 0 aliphatic heterocycles. The van der Waals surface area contributed by atoms with Gasteiger partial charge in [0.25, 0.3) is 11.8 Å². The van der Waals surface area contributed by atoms with E-state index in [1.807, 2.05) is 30.3 Å². The summed E-state index contributed by atoms with van der Waals surface area (Å²) in [7, 11) is -4.08. The number of rotatable bonds is 12. The van der Waals surface area contributed by atoms with Crippen LogP contribution < -0.4 is 19.8 Å². The zero-order chi connectivity index (χ0) is 29.2. The van der Waals surface area contributed by atoms with Crippen molar-refractivity contribution in [2.75, 3.05) is 30.3 Å². The summed E-state index contributed by atoms with van der Waals surface area (Å²) in [6.45, 7) is -0.464. The summed E-state index contributed by atoms with van der Waals surface area (Å²) in [4.78, 5) is 24.3. The highest BCUT2D eigenvalue weighted by atomic mass is 32.2.